The van der Waals surface area contributed by atoms with Crippen LogP contribution in [0.4, 0.5) is 0 Å². The molecule has 2 heterocycles. The van der Waals surface area contributed by atoms with Crippen molar-refractivity contribution in [1.82, 2.24) is 9.88 Å². The van der Waals surface area contributed by atoms with Crippen molar-refractivity contribution in [2.45, 2.75) is 53.2 Å². The van der Waals surface area contributed by atoms with Crippen LogP contribution in [-0.4, -0.2) is 28.4 Å². The van der Waals surface area contributed by atoms with Crippen LogP contribution in [0, 0.1) is 13.8 Å². The van der Waals surface area contributed by atoms with E-state index in [0.717, 1.165) is 23.2 Å². The Morgan fingerprint density at radius 2 is 2.00 bits per heavy atom. The number of carbonyl (C=O) groups is 1. The lowest BCUT2D eigenvalue weighted by Gasteiger charge is -2.29. The second-order valence-electron chi connectivity index (χ2n) is 7.20. The molecule has 1 aromatic heterocycles. The summed E-state index contributed by atoms with van der Waals surface area (Å²) in [6, 6.07) is 5.50. The lowest BCUT2D eigenvalue weighted by Crippen LogP contribution is -2.38. The van der Waals surface area contributed by atoms with Crippen LogP contribution < -0.4 is 10.3 Å². The maximum Gasteiger partial charge on any atom is 0.254 e. The molecule has 0 radical (unpaired) electrons. The number of aromatic nitrogens is 1. The first-order valence-corrected chi connectivity index (χ1v) is 9.65. The molecule has 3 rings (SSSR count). The van der Waals surface area contributed by atoms with Crippen molar-refractivity contribution in [2.75, 3.05) is 6.54 Å². The summed E-state index contributed by atoms with van der Waals surface area (Å²) >= 11 is 6.34. The van der Waals surface area contributed by atoms with E-state index < -0.39 is 0 Å². The van der Waals surface area contributed by atoms with Crippen LogP contribution in [0.5, 0.6) is 5.75 Å². The van der Waals surface area contributed by atoms with Crippen molar-refractivity contribution in [1.29, 1.82) is 0 Å². The number of benzene rings is 1. The van der Waals surface area contributed by atoms with Crippen molar-refractivity contribution in [3.05, 3.63) is 61.5 Å². The SMILES string of the molecule is CCC(C)Oc1cc2c(cc1Cl)CCN(Cc1c(C)cc(C)[nH]c1=O)C2=O. The van der Waals surface area contributed by atoms with Gasteiger partial charge in [0, 0.05) is 23.4 Å². The van der Waals surface area contributed by atoms with Gasteiger partial charge in [-0.2, -0.15) is 0 Å². The van der Waals surface area contributed by atoms with Gasteiger partial charge in [-0.25, -0.2) is 0 Å². The fourth-order valence-corrected chi connectivity index (χ4v) is 3.57. The zero-order valence-corrected chi connectivity index (χ0v) is 16.9. The van der Waals surface area contributed by atoms with E-state index >= 15 is 0 Å². The molecule has 1 amide bonds. The largest absolute Gasteiger partial charge is 0.489 e. The number of aryl methyl sites for hydroxylation is 2. The lowest BCUT2D eigenvalue weighted by molar-refractivity contribution is 0.0725. The molecule has 0 fully saturated rings. The summed E-state index contributed by atoms with van der Waals surface area (Å²) in [5, 5.41) is 0.529. The maximum atomic E-state index is 13.0. The Morgan fingerprint density at radius 1 is 1.26 bits per heavy atom. The van der Waals surface area contributed by atoms with Gasteiger partial charge < -0.3 is 14.6 Å². The first kappa shape index (κ1) is 19.5. The quantitative estimate of drug-likeness (QED) is 0.841. The number of carbonyl (C=O) groups excluding carboxylic acids is 1. The standard InChI is InChI=1S/C21H25ClN2O3/c1-5-14(4)27-19-10-16-15(9-18(19)22)6-7-24(21(16)26)11-17-12(2)8-13(3)23-20(17)25/h8-10,14H,5-7,11H2,1-4H3,(H,23,25). The van der Waals surface area contributed by atoms with E-state index in [9.17, 15) is 9.59 Å². The van der Waals surface area contributed by atoms with Gasteiger partial charge in [0.25, 0.3) is 11.5 Å². The highest BCUT2D eigenvalue weighted by molar-refractivity contribution is 6.32. The van der Waals surface area contributed by atoms with Crippen LogP contribution in [0.1, 0.15) is 53.0 Å². The number of nitrogens with one attached hydrogen (secondary N) is 1. The Kier molecular flexibility index (Phi) is 5.61. The van der Waals surface area contributed by atoms with Crippen molar-refractivity contribution < 1.29 is 9.53 Å². The first-order chi connectivity index (χ1) is 12.8. The van der Waals surface area contributed by atoms with E-state index in [1.165, 1.54) is 0 Å². The average molecular weight is 389 g/mol. The summed E-state index contributed by atoms with van der Waals surface area (Å²) in [6.07, 6.45) is 1.57. The second-order valence-corrected chi connectivity index (χ2v) is 7.60. The molecule has 27 heavy (non-hydrogen) atoms. The third-order valence-corrected chi connectivity index (χ3v) is 5.37. The molecule has 5 nitrogen and oxygen atoms in total. The minimum Gasteiger partial charge on any atom is -0.489 e. The van der Waals surface area contributed by atoms with E-state index in [0.29, 0.717) is 41.4 Å². The van der Waals surface area contributed by atoms with Crippen molar-refractivity contribution in [3.8, 4) is 5.75 Å². The normalized spacial score (nSPS) is 14.9. The number of pyridine rings is 1. The fourth-order valence-electron chi connectivity index (χ4n) is 3.34. The summed E-state index contributed by atoms with van der Waals surface area (Å²) in [6.45, 7) is 8.60. The third-order valence-electron chi connectivity index (χ3n) is 5.07. The number of rotatable bonds is 5. The maximum absolute atomic E-state index is 13.0. The van der Waals surface area contributed by atoms with E-state index in [1.54, 1.807) is 11.0 Å². The van der Waals surface area contributed by atoms with Crippen LogP contribution in [0.25, 0.3) is 0 Å². The lowest BCUT2D eigenvalue weighted by atomic mass is 9.97. The topological polar surface area (TPSA) is 62.4 Å². The summed E-state index contributed by atoms with van der Waals surface area (Å²) in [7, 11) is 0. The molecule has 144 valence electrons. The molecular formula is C21H25ClN2O3. The molecule has 2 aromatic rings. The minimum atomic E-state index is -0.136. The fraction of sp³-hybridized carbons (Fsp3) is 0.429. The van der Waals surface area contributed by atoms with Crippen molar-refractivity contribution in [2.24, 2.45) is 0 Å². The van der Waals surface area contributed by atoms with Gasteiger partial charge in [-0.3, -0.25) is 9.59 Å². The third kappa shape index (κ3) is 4.03. The molecule has 0 aliphatic carbocycles. The molecule has 6 heteroatoms. The van der Waals surface area contributed by atoms with Gasteiger partial charge in [0.05, 0.1) is 17.7 Å². The molecule has 1 N–H and O–H groups in total. The van der Waals surface area contributed by atoms with Gasteiger partial charge in [0.15, 0.2) is 0 Å². The monoisotopic (exact) mass is 388 g/mol. The molecule has 0 spiro atoms. The Bertz CT molecular complexity index is 936. The van der Waals surface area contributed by atoms with Crippen molar-refractivity contribution >= 4 is 17.5 Å². The summed E-state index contributed by atoms with van der Waals surface area (Å²) in [5.74, 6) is 0.436. The number of H-pyrrole nitrogens is 1. The molecule has 0 saturated heterocycles. The minimum absolute atomic E-state index is 0.0177. The van der Waals surface area contributed by atoms with Crippen LogP contribution in [0.2, 0.25) is 5.02 Å². The number of amides is 1. The Morgan fingerprint density at radius 3 is 2.67 bits per heavy atom. The van der Waals surface area contributed by atoms with E-state index in [4.69, 9.17) is 16.3 Å². The smallest absolute Gasteiger partial charge is 0.254 e. The predicted molar refractivity (Wildman–Crippen MR) is 107 cm³/mol. The summed E-state index contributed by atoms with van der Waals surface area (Å²) in [4.78, 5) is 29.9. The van der Waals surface area contributed by atoms with E-state index in [-0.39, 0.29) is 17.6 Å². The molecule has 1 aliphatic rings. The van der Waals surface area contributed by atoms with E-state index in [1.807, 2.05) is 39.8 Å². The number of hydrogen-bond donors (Lipinski definition) is 1. The number of nitrogens with zero attached hydrogens (tertiary/aromatic N) is 1. The van der Waals surface area contributed by atoms with Crippen LogP contribution in [-0.2, 0) is 13.0 Å². The zero-order chi connectivity index (χ0) is 19.7. The van der Waals surface area contributed by atoms with Gasteiger partial charge in [-0.15, -0.1) is 0 Å². The highest BCUT2D eigenvalue weighted by Crippen LogP contribution is 2.32. The Labute approximate surface area is 164 Å². The van der Waals surface area contributed by atoms with Crippen LogP contribution in [0.3, 0.4) is 0 Å². The summed E-state index contributed by atoms with van der Waals surface area (Å²) < 4.78 is 5.86. The van der Waals surface area contributed by atoms with Gasteiger partial charge in [-0.1, -0.05) is 18.5 Å². The number of fused-ring (bicyclic) bond motifs is 1. The molecule has 0 bridgehead atoms. The first-order valence-electron chi connectivity index (χ1n) is 9.27. The number of hydrogen-bond acceptors (Lipinski definition) is 3. The van der Waals surface area contributed by atoms with Gasteiger partial charge in [-0.05, 0) is 62.9 Å². The second kappa shape index (κ2) is 7.77. The number of ether oxygens (including phenoxy) is 1. The predicted octanol–water partition coefficient (Wildman–Crippen LogP) is 4.02. The number of halogens is 1. The van der Waals surface area contributed by atoms with Crippen LogP contribution >= 0.6 is 11.6 Å². The van der Waals surface area contributed by atoms with Gasteiger partial charge in [0.1, 0.15) is 5.75 Å². The molecule has 0 saturated carbocycles. The van der Waals surface area contributed by atoms with Crippen molar-refractivity contribution in [3.63, 3.8) is 0 Å². The highest BCUT2D eigenvalue weighted by Gasteiger charge is 2.27. The molecule has 1 aliphatic heterocycles. The molecule has 1 unspecified atom stereocenters. The zero-order valence-electron chi connectivity index (χ0n) is 16.2. The summed E-state index contributed by atoms with van der Waals surface area (Å²) in [5.41, 5.74) is 3.73. The van der Waals surface area contributed by atoms with Gasteiger partial charge >= 0.3 is 0 Å². The average Bonchev–Trinajstić information content (AvgIpc) is 2.61. The Balaban J connectivity index is 1.90. The van der Waals surface area contributed by atoms with Gasteiger partial charge in [0.2, 0.25) is 0 Å². The van der Waals surface area contributed by atoms with E-state index in [2.05, 4.69) is 4.98 Å². The number of aromatic amines is 1. The molecule has 1 aromatic carbocycles. The highest BCUT2D eigenvalue weighted by atomic mass is 35.5. The Hall–Kier alpha value is -2.27. The van der Waals surface area contributed by atoms with Crippen LogP contribution in [0.15, 0.2) is 23.0 Å². The molecular weight excluding hydrogens is 364 g/mol. The molecule has 1 atom stereocenters.